The number of carbonyl (C=O) groups excluding carboxylic acids is 1. The van der Waals surface area contributed by atoms with Gasteiger partial charge in [-0.05, 0) is 47.2 Å². The van der Waals surface area contributed by atoms with Crippen LogP contribution in [0.25, 0.3) is 22.3 Å². The zero-order valence-corrected chi connectivity index (χ0v) is 23.1. The van der Waals surface area contributed by atoms with Gasteiger partial charge in [-0.25, -0.2) is 18.2 Å². The Kier molecular flexibility index (Phi) is 7.62. The highest BCUT2D eigenvalue weighted by atomic mass is 19.1. The number of nitrogens with zero attached hydrogens (tertiary/aromatic N) is 1. The van der Waals surface area contributed by atoms with E-state index in [1.807, 2.05) is 18.2 Å². The first-order valence-corrected chi connectivity index (χ1v) is 13.2. The van der Waals surface area contributed by atoms with E-state index in [1.165, 1.54) is 37.6 Å². The van der Waals surface area contributed by atoms with Crippen LogP contribution in [0.15, 0.2) is 67.0 Å². The number of fused-ring (bicyclic) bond motifs is 1. The molecule has 5 rings (SSSR count). The molecule has 6 nitrogen and oxygen atoms in total. The average Bonchev–Trinajstić information content (AvgIpc) is 3.60. The van der Waals surface area contributed by atoms with Crippen molar-refractivity contribution < 1.29 is 27.4 Å². The number of hydrogen-bond acceptors (Lipinski definition) is 4. The number of methoxy groups -OCH3 is 1. The fourth-order valence-corrected chi connectivity index (χ4v) is 5.11. The van der Waals surface area contributed by atoms with E-state index >= 15 is 4.39 Å². The molecule has 9 heteroatoms. The van der Waals surface area contributed by atoms with Gasteiger partial charge in [0, 0.05) is 41.9 Å². The molecule has 1 unspecified atom stereocenters. The number of aryl methyl sites for hydroxylation is 1. The highest BCUT2D eigenvalue weighted by Crippen LogP contribution is 2.41. The summed E-state index contributed by atoms with van der Waals surface area (Å²) in [5.74, 6) is -2.99. The van der Waals surface area contributed by atoms with Crippen molar-refractivity contribution in [3.8, 4) is 22.9 Å². The Labute approximate surface area is 235 Å². The van der Waals surface area contributed by atoms with E-state index in [0.717, 1.165) is 22.9 Å². The highest BCUT2D eigenvalue weighted by Gasteiger charge is 2.30. The van der Waals surface area contributed by atoms with Gasteiger partial charge in [-0.1, -0.05) is 45.0 Å². The molecule has 2 heterocycles. The van der Waals surface area contributed by atoms with Gasteiger partial charge in [0.25, 0.3) is 0 Å². The summed E-state index contributed by atoms with van der Waals surface area (Å²) < 4.78 is 54.9. The first-order valence-electron chi connectivity index (χ1n) is 13.2. The molecule has 0 saturated carbocycles. The van der Waals surface area contributed by atoms with Crippen molar-refractivity contribution in [2.75, 3.05) is 7.11 Å². The second-order valence-corrected chi connectivity index (χ2v) is 11.0. The Bertz CT molecular complexity index is 1720. The van der Waals surface area contributed by atoms with E-state index in [4.69, 9.17) is 9.47 Å². The monoisotopic (exact) mass is 561 g/mol. The van der Waals surface area contributed by atoms with Crippen LogP contribution in [-0.2, 0) is 16.0 Å². The molecule has 0 spiro atoms. The highest BCUT2D eigenvalue weighted by molar-refractivity contribution is 5.82. The minimum atomic E-state index is -0.884. The van der Waals surface area contributed by atoms with Gasteiger partial charge in [0.2, 0.25) is 0 Å². The maximum atomic E-state index is 15.0. The standard InChI is InChI=1S/C32H30F3N3O3/c1-32(2,3)28(19-7-5-6-18(14-19)8-11-27(39)40-4)26-17-37-31(38-26)22-15-20(9-10-23(22)33)41-30-24(34)16-25-21(29(30)35)12-13-36-25/h5-7,9-10,12-17,28,36H,8,11H2,1-4H3,(H,37,38). The first-order chi connectivity index (χ1) is 19.5. The quantitative estimate of drug-likeness (QED) is 0.188. The van der Waals surface area contributed by atoms with Crippen molar-refractivity contribution in [2.24, 2.45) is 5.41 Å². The number of ether oxygens (including phenoxy) is 2. The topological polar surface area (TPSA) is 80.0 Å². The number of benzene rings is 3. The summed E-state index contributed by atoms with van der Waals surface area (Å²) in [4.78, 5) is 22.1. The van der Waals surface area contributed by atoms with Crippen molar-refractivity contribution >= 4 is 16.9 Å². The van der Waals surface area contributed by atoms with Gasteiger partial charge in [0.05, 0.1) is 18.2 Å². The molecule has 0 radical (unpaired) electrons. The summed E-state index contributed by atoms with van der Waals surface area (Å²) in [6, 6.07) is 14.4. The zero-order chi connectivity index (χ0) is 29.3. The zero-order valence-electron chi connectivity index (χ0n) is 23.1. The van der Waals surface area contributed by atoms with Crippen molar-refractivity contribution in [3.63, 3.8) is 0 Å². The van der Waals surface area contributed by atoms with E-state index in [9.17, 15) is 13.6 Å². The third kappa shape index (κ3) is 5.84. The number of aromatic nitrogens is 3. The van der Waals surface area contributed by atoms with Gasteiger partial charge in [0.15, 0.2) is 17.4 Å². The molecule has 0 amide bonds. The molecule has 0 aliphatic rings. The molecule has 0 saturated heterocycles. The van der Waals surface area contributed by atoms with Gasteiger partial charge in [0.1, 0.15) is 17.4 Å². The minimum Gasteiger partial charge on any atom is -0.469 e. The van der Waals surface area contributed by atoms with Crippen LogP contribution >= 0.6 is 0 Å². The van der Waals surface area contributed by atoms with Crippen molar-refractivity contribution in [1.82, 2.24) is 15.0 Å². The molecule has 2 aromatic heterocycles. The predicted molar refractivity (Wildman–Crippen MR) is 150 cm³/mol. The lowest BCUT2D eigenvalue weighted by molar-refractivity contribution is -0.140. The number of nitrogens with one attached hydrogen (secondary N) is 2. The Balaban J connectivity index is 1.46. The summed E-state index contributed by atoms with van der Waals surface area (Å²) in [6.45, 7) is 6.29. The number of esters is 1. The maximum Gasteiger partial charge on any atom is 0.305 e. The van der Waals surface area contributed by atoms with E-state index in [-0.39, 0.29) is 46.2 Å². The van der Waals surface area contributed by atoms with Crippen LogP contribution in [0.3, 0.4) is 0 Å². The largest absolute Gasteiger partial charge is 0.469 e. The van der Waals surface area contributed by atoms with Crippen LogP contribution in [0, 0.1) is 22.9 Å². The number of hydrogen-bond donors (Lipinski definition) is 2. The predicted octanol–water partition coefficient (Wildman–Crippen LogP) is 8.05. The molecule has 212 valence electrons. The van der Waals surface area contributed by atoms with E-state index < -0.39 is 23.2 Å². The van der Waals surface area contributed by atoms with E-state index in [0.29, 0.717) is 11.9 Å². The summed E-state index contributed by atoms with van der Waals surface area (Å²) >= 11 is 0. The average molecular weight is 562 g/mol. The van der Waals surface area contributed by atoms with E-state index in [2.05, 4.69) is 41.8 Å². The SMILES string of the molecule is COC(=O)CCc1cccc(C(c2cnc(-c3cc(Oc4c(F)cc5[nH]ccc5c4F)ccc3F)[nH]2)C(C)(C)C)c1. The Hall–Kier alpha value is -4.53. The molecular formula is C32H30F3N3O3. The molecule has 0 aliphatic carbocycles. The molecule has 0 bridgehead atoms. The summed E-state index contributed by atoms with van der Waals surface area (Å²) in [6.07, 6.45) is 3.99. The van der Waals surface area contributed by atoms with Gasteiger partial charge < -0.3 is 19.4 Å². The molecule has 2 N–H and O–H groups in total. The lowest BCUT2D eigenvalue weighted by atomic mass is 9.74. The number of halogens is 3. The van der Waals surface area contributed by atoms with Crippen molar-refractivity contribution in [3.05, 3.63) is 101 Å². The Morgan fingerprint density at radius 1 is 1.02 bits per heavy atom. The molecule has 5 aromatic rings. The third-order valence-electron chi connectivity index (χ3n) is 7.02. The fourth-order valence-electron chi connectivity index (χ4n) is 5.11. The third-order valence-corrected chi connectivity index (χ3v) is 7.02. The van der Waals surface area contributed by atoms with Crippen LogP contribution in [0.5, 0.6) is 11.5 Å². The van der Waals surface area contributed by atoms with Crippen molar-refractivity contribution in [1.29, 1.82) is 0 Å². The van der Waals surface area contributed by atoms with Gasteiger partial charge in [-0.15, -0.1) is 0 Å². The molecular weight excluding hydrogens is 531 g/mol. The van der Waals surface area contributed by atoms with Crippen LogP contribution in [0.1, 0.15) is 49.9 Å². The molecule has 41 heavy (non-hydrogen) atoms. The van der Waals surface area contributed by atoms with Crippen molar-refractivity contribution in [2.45, 2.75) is 39.5 Å². The minimum absolute atomic E-state index is 0.0534. The first kappa shape index (κ1) is 28.0. The normalized spacial score (nSPS) is 12.5. The summed E-state index contributed by atoms with van der Waals surface area (Å²) in [5.41, 5.74) is 2.92. The number of rotatable bonds is 8. The number of carbonyl (C=O) groups is 1. The molecule has 0 aliphatic heterocycles. The smallest absolute Gasteiger partial charge is 0.305 e. The van der Waals surface area contributed by atoms with Gasteiger partial charge in [-0.3, -0.25) is 4.79 Å². The van der Waals surface area contributed by atoms with Crippen LogP contribution in [0.4, 0.5) is 13.2 Å². The van der Waals surface area contributed by atoms with Gasteiger partial charge in [-0.2, -0.15) is 0 Å². The number of imidazole rings is 1. The summed E-state index contributed by atoms with van der Waals surface area (Å²) in [7, 11) is 1.37. The Morgan fingerprint density at radius 3 is 2.59 bits per heavy atom. The van der Waals surface area contributed by atoms with Crippen LogP contribution in [-0.4, -0.2) is 28.0 Å². The van der Waals surface area contributed by atoms with Crippen LogP contribution < -0.4 is 4.74 Å². The lowest BCUT2D eigenvalue weighted by Crippen LogP contribution is -2.20. The number of H-pyrrole nitrogens is 2. The van der Waals surface area contributed by atoms with Crippen LogP contribution in [0.2, 0.25) is 0 Å². The Morgan fingerprint density at radius 2 is 1.83 bits per heavy atom. The fraction of sp³-hybridized carbons (Fsp3) is 0.250. The van der Waals surface area contributed by atoms with E-state index in [1.54, 1.807) is 6.20 Å². The number of aromatic amines is 2. The lowest BCUT2D eigenvalue weighted by Gasteiger charge is -2.30. The van der Waals surface area contributed by atoms with Gasteiger partial charge >= 0.3 is 5.97 Å². The molecule has 1 atom stereocenters. The summed E-state index contributed by atoms with van der Waals surface area (Å²) in [5, 5.41) is 0.182. The second-order valence-electron chi connectivity index (χ2n) is 11.0. The molecule has 0 fully saturated rings. The maximum absolute atomic E-state index is 15.0. The molecule has 3 aromatic carbocycles. The second kappa shape index (κ2) is 11.2.